The summed E-state index contributed by atoms with van der Waals surface area (Å²) in [5.74, 6) is -2.85. The molecule has 0 saturated carbocycles. The maximum absolute atomic E-state index is 13.4. The molecule has 1 aliphatic heterocycles. The van der Waals surface area contributed by atoms with E-state index >= 15 is 0 Å². The lowest BCUT2D eigenvalue weighted by atomic mass is 10.1. The predicted octanol–water partition coefficient (Wildman–Crippen LogP) is 2.15. The van der Waals surface area contributed by atoms with Crippen molar-refractivity contribution in [2.75, 3.05) is 13.7 Å². The first kappa shape index (κ1) is 19.2. The summed E-state index contributed by atoms with van der Waals surface area (Å²) in [5.41, 5.74) is 0.325. The number of carbonyl (C=O) groups excluding carboxylic acids is 1. The number of ether oxygens (including phenoxy) is 1. The van der Waals surface area contributed by atoms with Crippen molar-refractivity contribution >= 4 is 22.9 Å². The van der Waals surface area contributed by atoms with Gasteiger partial charge in [-0.05, 0) is 18.6 Å². The number of carboxylic acid groups (broad SMARTS) is 1. The number of nitrogens with zero attached hydrogens (tertiary/aromatic N) is 3. The van der Waals surface area contributed by atoms with Crippen molar-refractivity contribution in [2.24, 2.45) is 0 Å². The molecule has 0 bridgehead atoms. The Bertz CT molecular complexity index is 865. The number of hydrogen-bond acceptors (Lipinski definition) is 4. The Balaban J connectivity index is 1.92. The summed E-state index contributed by atoms with van der Waals surface area (Å²) in [6, 6.07) is 5.41. The molecule has 1 N–H and O–H groups in total. The summed E-state index contributed by atoms with van der Waals surface area (Å²) in [5, 5.41) is 9.04. The lowest BCUT2D eigenvalue weighted by Gasteiger charge is -2.24. The van der Waals surface area contributed by atoms with Crippen LogP contribution in [-0.4, -0.2) is 57.2 Å². The standard InChI is InChI=1S/C17H18F3N3O4/c1-27-11-6-10(7-15(25)26)22(8-11)14(24)9-23-13-5-3-2-4-12(13)21-16(23)17(18,19)20/h2-5,10-11H,6-9H2,1H3,(H,25,26). The second-order valence-corrected chi connectivity index (χ2v) is 6.40. The maximum Gasteiger partial charge on any atom is 0.449 e. The van der Waals surface area contributed by atoms with Crippen LogP contribution >= 0.6 is 0 Å². The Labute approximate surface area is 152 Å². The maximum atomic E-state index is 13.4. The molecule has 27 heavy (non-hydrogen) atoms. The Morgan fingerprint density at radius 2 is 2.04 bits per heavy atom. The summed E-state index contributed by atoms with van der Waals surface area (Å²) in [6.07, 6.45) is -5.03. The van der Waals surface area contributed by atoms with E-state index in [1.54, 1.807) is 12.1 Å². The van der Waals surface area contributed by atoms with E-state index in [0.717, 1.165) is 4.57 Å². The monoisotopic (exact) mass is 385 g/mol. The number of alkyl halides is 3. The van der Waals surface area contributed by atoms with Gasteiger partial charge in [0.15, 0.2) is 0 Å². The molecule has 2 heterocycles. The van der Waals surface area contributed by atoms with Crippen molar-refractivity contribution in [1.82, 2.24) is 14.5 Å². The fourth-order valence-corrected chi connectivity index (χ4v) is 3.42. The number of hydrogen-bond donors (Lipinski definition) is 1. The van der Waals surface area contributed by atoms with Crippen molar-refractivity contribution < 1.29 is 32.6 Å². The normalized spacial score (nSPS) is 20.4. The largest absolute Gasteiger partial charge is 0.481 e. The van der Waals surface area contributed by atoms with Crippen LogP contribution in [-0.2, 0) is 27.0 Å². The third-order valence-electron chi connectivity index (χ3n) is 4.64. The zero-order valence-electron chi connectivity index (χ0n) is 14.4. The first-order valence-corrected chi connectivity index (χ1v) is 8.27. The fourth-order valence-electron chi connectivity index (χ4n) is 3.42. The molecule has 2 atom stereocenters. The number of rotatable bonds is 5. The minimum absolute atomic E-state index is 0.135. The molecule has 1 saturated heterocycles. The van der Waals surface area contributed by atoms with Gasteiger partial charge in [-0.1, -0.05) is 12.1 Å². The van der Waals surface area contributed by atoms with Crippen LogP contribution in [0.5, 0.6) is 0 Å². The molecule has 1 aromatic heterocycles. The minimum Gasteiger partial charge on any atom is -0.481 e. The van der Waals surface area contributed by atoms with Gasteiger partial charge in [-0.2, -0.15) is 13.2 Å². The van der Waals surface area contributed by atoms with E-state index in [2.05, 4.69) is 4.98 Å². The summed E-state index contributed by atoms with van der Waals surface area (Å²) >= 11 is 0. The summed E-state index contributed by atoms with van der Waals surface area (Å²) in [4.78, 5) is 28.7. The van der Waals surface area contributed by atoms with Crippen molar-refractivity contribution in [3.8, 4) is 0 Å². The lowest BCUT2D eigenvalue weighted by molar-refractivity contribution is -0.148. The molecule has 7 nitrogen and oxygen atoms in total. The molecule has 1 aliphatic rings. The SMILES string of the molecule is COC1CC(CC(=O)O)N(C(=O)Cn2c(C(F)(F)F)nc3ccccc32)C1. The number of fused-ring (bicyclic) bond motifs is 1. The van der Waals surface area contributed by atoms with Crippen LogP contribution in [0, 0.1) is 0 Å². The molecule has 0 spiro atoms. The van der Waals surface area contributed by atoms with Gasteiger partial charge < -0.3 is 19.3 Å². The topological polar surface area (TPSA) is 84.7 Å². The Morgan fingerprint density at radius 1 is 1.33 bits per heavy atom. The highest BCUT2D eigenvalue weighted by atomic mass is 19.4. The molecule has 0 radical (unpaired) electrons. The van der Waals surface area contributed by atoms with E-state index in [9.17, 15) is 22.8 Å². The van der Waals surface area contributed by atoms with Crippen molar-refractivity contribution in [3.63, 3.8) is 0 Å². The van der Waals surface area contributed by atoms with Crippen LogP contribution in [0.3, 0.4) is 0 Å². The number of aliphatic carboxylic acids is 1. The third kappa shape index (κ3) is 3.90. The van der Waals surface area contributed by atoms with Gasteiger partial charge in [0, 0.05) is 19.7 Å². The highest BCUT2D eigenvalue weighted by molar-refractivity contribution is 5.82. The van der Waals surface area contributed by atoms with Crippen molar-refractivity contribution in [3.05, 3.63) is 30.1 Å². The number of methoxy groups -OCH3 is 1. The van der Waals surface area contributed by atoms with Crippen LogP contribution in [0.15, 0.2) is 24.3 Å². The highest BCUT2D eigenvalue weighted by Gasteiger charge is 2.40. The van der Waals surface area contributed by atoms with Gasteiger partial charge in [0.25, 0.3) is 0 Å². The number of benzene rings is 1. The number of carboxylic acids is 1. The van der Waals surface area contributed by atoms with Gasteiger partial charge in [0.1, 0.15) is 6.54 Å². The molecule has 3 rings (SSSR count). The lowest BCUT2D eigenvalue weighted by Crippen LogP contribution is -2.39. The Hall–Kier alpha value is -2.62. The van der Waals surface area contributed by atoms with Crippen LogP contribution < -0.4 is 0 Å². The molecule has 1 aromatic carbocycles. The molecule has 10 heteroatoms. The molecule has 2 aromatic rings. The van der Waals surface area contributed by atoms with E-state index in [1.807, 2.05) is 0 Å². The number of imidazole rings is 1. The van der Waals surface area contributed by atoms with E-state index in [4.69, 9.17) is 9.84 Å². The average molecular weight is 385 g/mol. The van der Waals surface area contributed by atoms with Crippen molar-refractivity contribution in [2.45, 2.75) is 37.7 Å². The first-order chi connectivity index (χ1) is 12.7. The van der Waals surface area contributed by atoms with Crippen LogP contribution in [0.25, 0.3) is 11.0 Å². The smallest absolute Gasteiger partial charge is 0.449 e. The second-order valence-electron chi connectivity index (χ2n) is 6.40. The van der Waals surface area contributed by atoms with Gasteiger partial charge in [-0.25, -0.2) is 4.98 Å². The number of likely N-dealkylation sites (tertiary alicyclic amines) is 1. The predicted molar refractivity (Wildman–Crippen MR) is 87.9 cm³/mol. The first-order valence-electron chi connectivity index (χ1n) is 8.27. The van der Waals surface area contributed by atoms with Gasteiger partial charge >= 0.3 is 12.1 Å². The Kier molecular flexibility index (Phi) is 5.09. The molecular formula is C17H18F3N3O4. The van der Waals surface area contributed by atoms with E-state index in [1.165, 1.54) is 24.1 Å². The van der Waals surface area contributed by atoms with Gasteiger partial charge in [0.05, 0.1) is 23.6 Å². The fraction of sp³-hybridized carbons (Fsp3) is 0.471. The van der Waals surface area contributed by atoms with E-state index in [-0.39, 0.29) is 30.1 Å². The minimum atomic E-state index is -4.72. The molecule has 1 amide bonds. The molecule has 2 unspecified atom stereocenters. The zero-order valence-corrected chi connectivity index (χ0v) is 14.4. The summed E-state index contributed by atoms with van der Waals surface area (Å²) in [7, 11) is 1.45. The average Bonchev–Trinajstić information content (AvgIpc) is 3.16. The van der Waals surface area contributed by atoms with E-state index in [0.29, 0.717) is 6.42 Å². The number of halogens is 3. The number of amides is 1. The van der Waals surface area contributed by atoms with Gasteiger partial charge in [0.2, 0.25) is 11.7 Å². The molecule has 1 fully saturated rings. The number of carbonyl (C=O) groups is 2. The highest BCUT2D eigenvalue weighted by Crippen LogP contribution is 2.32. The second kappa shape index (κ2) is 7.18. The number of aromatic nitrogens is 2. The number of para-hydroxylation sites is 2. The third-order valence-corrected chi connectivity index (χ3v) is 4.64. The molecule has 0 aliphatic carbocycles. The Morgan fingerprint density at radius 3 is 2.67 bits per heavy atom. The molecule has 146 valence electrons. The van der Waals surface area contributed by atoms with E-state index < -0.39 is 36.5 Å². The summed E-state index contributed by atoms with van der Waals surface area (Å²) < 4.78 is 46.2. The molecular weight excluding hydrogens is 367 g/mol. The quantitative estimate of drug-likeness (QED) is 0.853. The van der Waals surface area contributed by atoms with Crippen LogP contribution in [0.1, 0.15) is 18.7 Å². The summed E-state index contributed by atoms with van der Waals surface area (Å²) in [6.45, 7) is -0.441. The van der Waals surface area contributed by atoms with Gasteiger partial charge in [-0.15, -0.1) is 0 Å². The zero-order chi connectivity index (χ0) is 19.8. The van der Waals surface area contributed by atoms with Crippen molar-refractivity contribution in [1.29, 1.82) is 0 Å². The van der Waals surface area contributed by atoms with Gasteiger partial charge in [-0.3, -0.25) is 9.59 Å². The van der Waals surface area contributed by atoms with Crippen LogP contribution in [0.4, 0.5) is 13.2 Å². The van der Waals surface area contributed by atoms with Crippen LogP contribution in [0.2, 0.25) is 0 Å².